The summed E-state index contributed by atoms with van der Waals surface area (Å²) in [5.74, 6) is 0.634. The molecule has 0 unspecified atom stereocenters. The van der Waals surface area contributed by atoms with E-state index in [-0.39, 0.29) is 12.5 Å². The van der Waals surface area contributed by atoms with Gasteiger partial charge in [-0.2, -0.15) is 0 Å². The van der Waals surface area contributed by atoms with Crippen LogP contribution in [0.5, 0.6) is 0 Å². The number of rotatable bonds is 1. The van der Waals surface area contributed by atoms with Crippen LogP contribution in [0.25, 0.3) is 0 Å². The van der Waals surface area contributed by atoms with Crippen LogP contribution in [0.1, 0.15) is 0 Å². The number of carbonyl (C=O) groups is 1. The Bertz CT molecular complexity index is 356. The Morgan fingerprint density at radius 2 is 2.36 bits per heavy atom. The standard InChI is InChI=1S/C9H9BrN2O2/c10-7-2-1-3-8(11-7)12-4-5-14-6-9(12)13/h1-3H,4-6H2. The van der Waals surface area contributed by atoms with Crippen molar-refractivity contribution in [1.82, 2.24) is 4.98 Å². The summed E-state index contributed by atoms with van der Waals surface area (Å²) in [6.07, 6.45) is 0. The van der Waals surface area contributed by atoms with Gasteiger partial charge in [0.1, 0.15) is 17.0 Å². The molecule has 0 aliphatic carbocycles. The Balaban J connectivity index is 2.24. The zero-order valence-corrected chi connectivity index (χ0v) is 9.03. The summed E-state index contributed by atoms with van der Waals surface area (Å²) >= 11 is 3.27. The zero-order valence-electron chi connectivity index (χ0n) is 7.44. The lowest BCUT2D eigenvalue weighted by Gasteiger charge is -2.25. The van der Waals surface area contributed by atoms with Gasteiger partial charge >= 0.3 is 0 Å². The Kier molecular flexibility index (Phi) is 2.79. The summed E-state index contributed by atoms with van der Waals surface area (Å²) in [5.41, 5.74) is 0. The van der Waals surface area contributed by atoms with E-state index in [2.05, 4.69) is 20.9 Å². The van der Waals surface area contributed by atoms with E-state index in [1.165, 1.54) is 0 Å². The number of morpholine rings is 1. The molecule has 5 heteroatoms. The van der Waals surface area contributed by atoms with Crippen LogP contribution in [0.15, 0.2) is 22.8 Å². The molecule has 2 rings (SSSR count). The normalized spacial score (nSPS) is 17.2. The molecule has 1 saturated heterocycles. The number of aromatic nitrogens is 1. The Hall–Kier alpha value is -0.940. The molecule has 1 aromatic rings. The molecule has 14 heavy (non-hydrogen) atoms. The minimum atomic E-state index is -0.0400. The fraction of sp³-hybridized carbons (Fsp3) is 0.333. The van der Waals surface area contributed by atoms with E-state index in [1.54, 1.807) is 4.90 Å². The third kappa shape index (κ3) is 1.93. The highest BCUT2D eigenvalue weighted by molar-refractivity contribution is 9.10. The maximum atomic E-state index is 11.5. The molecule has 0 aromatic carbocycles. The number of ether oxygens (including phenoxy) is 1. The van der Waals surface area contributed by atoms with Crippen molar-refractivity contribution >= 4 is 27.7 Å². The second-order valence-corrected chi connectivity index (χ2v) is 3.73. The van der Waals surface area contributed by atoms with E-state index in [0.717, 1.165) is 4.60 Å². The Morgan fingerprint density at radius 1 is 1.50 bits per heavy atom. The van der Waals surface area contributed by atoms with Crippen LogP contribution >= 0.6 is 15.9 Å². The lowest BCUT2D eigenvalue weighted by Crippen LogP contribution is -2.42. The van der Waals surface area contributed by atoms with Crippen molar-refractivity contribution in [3.05, 3.63) is 22.8 Å². The van der Waals surface area contributed by atoms with Crippen LogP contribution in [0.4, 0.5) is 5.82 Å². The van der Waals surface area contributed by atoms with Gasteiger partial charge in [-0.3, -0.25) is 9.69 Å². The number of amides is 1. The lowest BCUT2D eigenvalue weighted by atomic mass is 10.3. The number of nitrogens with zero attached hydrogens (tertiary/aromatic N) is 2. The largest absolute Gasteiger partial charge is 0.370 e. The molecule has 1 fully saturated rings. The minimum absolute atomic E-state index is 0.0400. The van der Waals surface area contributed by atoms with Gasteiger partial charge in [-0.25, -0.2) is 4.98 Å². The van der Waals surface area contributed by atoms with Gasteiger partial charge in [-0.1, -0.05) is 6.07 Å². The second-order valence-electron chi connectivity index (χ2n) is 2.92. The molecule has 0 saturated carbocycles. The second kappa shape index (κ2) is 4.06. The molecular weight excluding hydrogens is 248 g/mol. The molecule has 4 nitrogen and oxygen atoms in total. The first kappa shape index (κ1) is 9.61. The fourth-order valence-electron chi connectivity index (χ4n) is 1.31. The number of halogens is 1. The molecule has 0 spiro atoms. The predicted molar refractivity (Wildman–Crippen MR) is 55.1 cm³/mol. The molecule has 0 radical (unpaired) electrons. The summed E-state index contributed by atoms with van der Waals surface area (Å²) < 4.78 is 5.76. The van der Waals surface area contributed by atoms with Crippen LogP contribution < -0.4 is 4.90 Å². The van der Waals surface area contributed by atoms with Crippen LogP contribution in [-0.2, 0) is 9.53 Å². The van der Waals surface area contributed by atoms with Crippen LogP contribution in [0, 0.1) is 0 Å². The fourth-order valence-corrected chi connectivity index (χ4v) is 1.64. The third-order valence-corrected chi connectivity index (χ3v) is 2.40. The van der Waals surface area contributed by atoms with E-state index in [0.29, 0.717) is 19.0 Å². The van der Waals surface area contributed by atoms with Gasteiger partial charge in [0.15, 0.2) is 0 Å². The predicted octanol–water partition coefficient (Wildman–Crippen LogP) is 1.21. The van der Waals surface area contributed by atoms with Crippen molar-refractivity contribution < 1.29 is 9.53 Å². The van der Waals surface area contributed by atoms with Gasteiger partial charge in [0.25, 0.3) is 5.91 Å². The topological polar surface area (TPSA) is 42.4 Å². The number of pyridine rings is 1. The van der Waals surface area contributed by atoms with Crippen LogP contribution in [-0.4, -0.2) is 30.6 Å². The van der Waals surface area contributed by atoms with E-state index >= 15 is 0 Å². The number of hydrogen-bond acceptors (Lipinski definition) is 3. The van der Waals surface area contributed by atoms with Crippen molar-refractivity contribution in [2.45, 2.75) is 0 Å². The molecule has 0 N–H and O–H groups in total. The van der Waals surface area contributed by atoms with Gasteiger partial charge < -0.3 is 4.74 Å². The summed E-state index contributed by atoms with van der Waals surface area (Å²) in [6.45, 7) is 1.29. The van der Waals surface area contributed by atoms with E-state index in [4.69, 9.17) is 4.74 Å². The van der Waals surface area contributed by atoms with Crippen molar-refractivity contribution in [2.75, 3.05) is 24.7 Å². The molecule has 0 bridgehead atoms. The number of carbonyl (C=O) groups excluding carboxylic acids is 1. The molecule has 0 atom stereocenters. The van der Waals surface area contributed by atoms with Crippen molar-refractivity contribution in [2.24, 2.45) is 0 Å². The van der Waals surface area contributed by atoms with Crippen molar-refractivity contribution in [1.29, 1.82) is 0 Å². The first-order chi connectivity index (χ1) is 6.77. The van der Waals surface area contributed by atoms with Crippen LogP contribution in [0.3, 0.4) is 0 Å². The van der Waals surface area contributed by atoms with Crippen LogP contribution in [0.2, 0.25) is 0 Å². The molecule has 1 aromatic heterocycles. The van der Waals surface area contributed by atoms with Gasteiger partial charge in [-0.05, 0) is 28.1 Å². The van der Waals surface area contributed by atoms with Gasteiger partial charge in [0.2, 0.25) is 0 Å². The van der Waals surface area contributed by atoms with E-state index in [9.17, 15) is 4.79 Å². The SMILES string of the molecule is O=C1COCCN1c1cccc(Br)n1. The zero-order chi connectivity index (χ0) is 9.97. The summed E-state index contributed by atoms with van der Waals surface area (Å²) in [6, 6.07) is 5.50. The first-order valence-corrected chi connectivity index (χ1v) is 5.07. The monoisotopic (exact) mass is 256 g/mol. The average Bonchev–Trinajstić information content (AvgIpc) is 2.18. The lowest BCUT2D eigenvalue weighted by molar-refractivity contribution is -0.125. The molecule has 1 aliphatic rings. The maximum absolute atomic E-state index is 11.5. The highest BCUT2D eigenvalue weighted by Crippen LogP contribution is 2.16. The quantitative estimate of drug-likeness (QED) is 0.710. The van der Waals surface area contributed by atoms with E-state index < -0.39 is 0 Å². The minimum Gasteiger partial charge on any atom is -0.370 e. The molecular formula is C9H9BrN2O2. The van der Waals surface area contributed by atoms with E-state index in [1.807, 2.05) is 18.2 Å². The smallest absolute Gasteiger partial charge is 0.254 e. The molecule has 2 heterocycles. The van der Waals surface area contributed by atoms with Gasteiger partial charge in [0.05, 0.1) is 13.2 Å². The van der Waals surface area contributed by atoms with Gasteiger partial charge in [-0.15, -0.1) is 0 Å². The number of anilines is 1. The molecule has 1 amide bonds. The summed E-state index contributed by atoms with van der Waals surface area (Å²) in [7, 11) is 0. The average molecular weight is 257 g/mol. The summed E-state index contributed by atoms with van der Waals surface area (Å²) in [4.78, 5) is 17.3. The Labute approximate surface area is 90.0 Å². The highest BCUT2D eigenvalue weighted by atomic mass is 79.9. The van der Waals surface area contributed by atoms with Gasteiger partial charge in [0, 0.05) is 0 Å². The number of hydrogen-bond donors (Lipinski definition) is 0. The third-order valence-electron chi connectivity index (χ3n) is 1.96. The Morgan fingerprint density at radius 3 is 3.07 bits per heavy atom. The molecule has 74 valence electrons. The highest BCUT2D eigenvalue weighted by Gasteiger charge is 2.20. The first-order valence-electron chi connectivity index (χ1n) is 4.28. The maximum Gasteiger partial charge on any atom is 0.254 e. The van der Waals surface area contributed by atoms with Crippen molar-refractivity contribution in [3.8, 4) is 0 Å². The summed E-state index contributed by atoms with van der Waals surface area (Å²) in [5, 5.41) is 0. The van der Waals surface area contributed by atoms with Crippen molar-refractivity contribution in [3.63, 3.8) is 0 Å². The molecule has 1 aliphatic heterocycles.